The average Bonchev–Trinajstić information content (AvgIpc) is 2.93. The SMILES string of the molecule is COc1ccc(OC)c(S(=O)(=O)N2CCC(C(=O)Nc3ccc(C(=O)N4CCN(C)CC4)cc3)CC2)c1. The fourth-order valence-corrected chi connectivity index (χ4v) is 6.26. The van der Waals surface area contributed by atoms with Crippen LogP contribution in [-0.2, 0) is 14.8 Å². The lowest BCUT2D eigenvalue weighted by atomic mass is 9.97. The number of carbonyl (C=O) groups is 2. The molecule has 0 bridgehead atoms. The number of piperazine rings is 1. The zero-order chi connectivity index (χ0) is 26.6. The standard InChI is InChI=1S/C26H34N4O6S/c1-28-14-16-29(17-15-28)26(32)20-4-6-21(7-5-20)27-25(31)19-10-12-30(13-11-19)37(33,34)24-18-22(35-2)8-9-23(24)36-3/h4-9,18-19H,10-17H2,1-3H3,(H,27,31). The second-order valence-corrected chi connectivity index (χ2v) is 11.3. The van der Waals surface area contributed by atoms with Crippen LogP contribution in [0.3, 0.4) is 0 Å². The summed E-state index contributed by atoms with van der Waals surface area (Å²) in [6.07, 6.45) is 0.800. The second-order valence-electron chi connectivity index (χ2n) is 9.36. The lowest BCUT2D eigenvalue weighted by Crippen LogP contribution is -2.47. The zero-order valence-corrected chi connectivity index (χ0v) is 22.3. The van der Waals surface area contributed by atoms with E-state index >= 15 is 0 Å². The number of piperidine rings is 1. The maximum absolute atomic E-state index is 13.3. The van der Waals surface area contributed by atoms with Crippen molar-refractivity contribution in [2.24, 2.45) is 5.92 Å². The minimum absolute atomic E-state index is 0.00720. The number of nitrogens with zero attached hydrogens (tertiary/aromatic N) is 3. The number of anilines is 1. The molecule has 0 unspecified atom stereocenters. The summed E-state index contributed by atoms with van der Waals surface area (Å²) in [6.45, 7) is 3.55. The molecule has 2 aliphatic heterocycles. The van der Waals surface area contributed by atoms with Gasteiger partial charge in [-0.1, -0.05) is 0 Å². The van der Waals surface area contributed by atoms with Crippen LogP contribution in [0.25, 0.3) is 0 Å². The van der Waals surface area contributed by atoms with Crippen molar-refractivity contribution in [1.29, 1.82) is 0 Å². The summed E-state index contributed by atoms with van der Waals surface area (Å²) in [6, 6.07) is 11.6. The number of rotatable bonds is 7. The maximum Gasteiger partial charge on any atom is 0.253 e. The summed E-state index contributed by atoms with van der Waals surface area (Å²) >= 11 is 0. The third-order valence-electron chi connectivity index (χ3n) is 7.00. The summed E-state index contributed by atoms with van der Waals surface area (Å²) < 4.78 is 38.4. The third-order valence-corrected chi connectivity index (χ3v) is 8.92. The van der Waals surface area contributed by atoms with Gasteiger partial charge in [0.05, 0.1) is 14.2 Å². The van der Waals surface area contributed by atoms with Crippen LogP contribution in [0.2, 0.25) is 0 Å². The highest BCUT2D eigenvalue weighted by Gasteiger charge is 2.34. The van der Waals surface area contributed by atoms with Crippen LogP contribution in [0.4, 0.5) is 5.69 Å². The van der Waals surface area contributed by atoms with Crippen LogP contribution in [0, 0.1) is 5.92 Å². The largest absolute Gasteiger partial charge is 0.497 e. The molecule has 0 radical (unpaired) electrons. The Morgan fingerprint density at radius 2 is 1.54 bits per heavy atom. The van der Waals surface area contributed by atoms with Crippen LogP contribution in [0.1, 0.15) is 23.2 Å². The van der Waals surface area contributed by atoms with Crippen molar-refractivity contribution >= 4 is 27.5 Å². The first-order valence-corrected chi connectivity index (χ1v) is 13.8. The van der Waals surface area contributed by atoms with Crippen molar-refractivity contribution in [3.63, 3.8) is 0 Å². The van der Waals surface area contributed by atoms with Crippen molar-refractivity contribution in [3.8, 4) is 11.5 Å². The number of hydrogen-bond acceptors (Lipinski definition) is 7. The number of amides is 2. The van der Waals surface area contributed by atoms with Crippen molar-refractivity contribution in [2.45, 2.75) is 17.7 Å². The highest BCUT2D eigenvalue weighted by atomic mass is 32.2. The third kappa shape index (κ3) is 6.06. The van der Waals surface area contributed by atoms with E-state index < -0.39 is 10.0 Å². The topological polar surface area (TPSA) is 108 Å². The molecule has 2 heterocycles. The Kier molecular flexibility index (Phi) is 8.35. The second kappa shape index (κ2) is 11.5. The van der Waals surface area contributed by atoms with Gasteiger partial charge in [-0.3, -0.25) is 9.59 Å². The first-order valence-electron chi connectivity index (χ1n) is 12.3. The van der Waals surface area contributed by atoms with E-state index in [0.717, 1.165) is 13.1 Å². The fourth-order valence-electron chi connectivity index (χ4n) is 4.62. The Labute approximate surface area is 218 Å². The summed E-state index contributed by atoms with van der Waals surface area (Å²) in [7, 11) is 1.13. The molecule has 0 spiro atoms. The number of carbonyl (C=O) groups excluding carboxylic acids is 2. The fraction of sp³-hybridized carbons (Fsp3) is 0.462. The molecule has 2 amide bonds. The number of benzene rings is 2. The lowest BCUT2D eigenvalue weighted by molar-refractivity contribution is -0.120. The van der Waals surface area contributed by atoms with E-state index in [1.807, 2.05) is 11.9 Å². The van der Waals surface area contributed by atoms with Gasteiger partial charge in [0.1, 0.15) is 16.4 Å². The van der Waals surface area contributed by atoms with Crippen molar-refractivity contribution in [3.05, 3.63) is 48.0 Å². The number of ether oxygens (including phenoxy) is 2. The average molecular weight is 531 g/mol. The van der Waals surface area contributed by atoms with E-state index in [0.29, 0.717) is 42.9 Å². The molecular formula is C26H34N4O6S. The Balaban J connectivity index is 1.33. The Hall–Kier alpha value is -3.15. The number of nitrogens with one attached hydrogen (secondary N) is 1. The van der Waals surface area contributed by atoms with Gasteiger partial charge in [-0.25, -0.2) is 8.42 Å². The number of likely N-dealkylation sites (N-methyl/N-ethyl adjacent to an activating group) is 1. The normalized spacial score (nSPS) is 17.9. The molecule has 0 saturated carbocycles. The van der Waals surface area contributed by atoms with Gasteiger partial charge in [0.15, 0.2) is 0 Å². The van der Waals surface area contributed by atoms with Crippen LogP contribution >= 0.6 is 0 Å². The van der Waals surface area contributed by atoms with Gasteiger partial charge in [0.2, 0.25) is 15.9 Å². The van der Waals surface area contributed by atoms with E-state index in [2.05, 4.69) is 10.2 Å². The van der Waals surface area contributed by atoms with E-state index in [9.17, 15) is 18.0 Å². The van der Waals surface area contributed by atoms with E-state index in [1.165, 1.54) is 24.6 Å². The molecular weight excluding hydrogens is 496 g/mol. The Morgan fingerprint density at radius 1 is 0.892 bits per heavy atom. The molecule has 2 saturated heterocycles. The van der Waals surface area contributed by atoms with Gasteiger partial charge >= 0.3 is 0 Å². The van der Waals surface area contributed by atoms with Crippen molar-refractivity contribution in [2.75, 3.05) is 65.9 Å². The first-order chi connectivity index (χ1) is 17.7. The molecule has 2 aromatic carbocycles. The predicted octanol–water partition coefficient (Wildman–Crippen LogP) is 2.13. The molecule has 0 atom stereocenters. The molecule has 2 aromatic rings. The summed E-state index contributed by atoms with van der Waals surface area (Å²) in [5, 5.41) is 2.91. The minimum atomic E-state index is -3.81. The molecule has 2 fully saturated rings. The Morgan fingerprint density at radius 3 is 2.14 bits per heavy atom. The molecule has 37 heavy (non-hydrogen) atoms. The van der Waals surface area contributed by atoms with Gasteiger partial charge in [-0.2, -0.15) is 4.31 Å². The quantitative estimate of drug-likeness (QED) is 0.584. The molecule has 10 nitrogen and oxygen atoms in total. The van der Waals surface area contributed by atoms with E-state index in [-0.39, 0.29) is 41.5 Å². The number of hydrogen-bond donors (Lipinski definition) is 1. The van der Waals surface area contributed by atoms with Crippen LogP contribution in [0.5, 0.6) is 11.5 Å². The van der Waals surface area contributed by atoms with Crippen molar-refractivity contribution < 1.29 is 27.5 Å². The summed E-state index contributed by atoms with van der Waals surface area (Å²) in [5.74, 6) is 0.187. The van der Waals surface area contributed by atoms with Gasteiger partial charge in [0, 0.05) is 62.5 Å². The minimum Gasteiger partial charge on any atom is -0.497 e. The molecule has 1 N–H and O–H groups in total. The van der Waals surface area contributed by atoms with Gasteiger partial charge < -0.3 is 24.6 Å². The van der Waals surface area contributed by atoms with Gasteiger partial charge in [-0.05, 0) is 56.3 Å². The number of methoxy groups -OCH3 is 2. The van der Waals surface area contributed by atoms with E-state index in [1.54, 1.807) is 36.4 Å². The Bertz CT molecular complexity index is 1220. The highest BCUT2D eigenvalue weighted by molar-refractivity contribution is 7.89. The van der Waals surface area contributed by atoms with E-state index in [4.69, 9.17) is 9.47 Å². The molecule has 4 rings (SSSR count). The van der Waals surface area contributed by atoms with Crippen LogP contribution < -0.4 is 14.8 Å². The zero-order valence-electron chi connectivity index (χ0n) is 21.5. The molecule has 0 aliphatic carbocycles. The smallest absolute Gasteiger partial charge is 0.253 e. The number of sulfonamides is 1. The van der Waals surface area contributed by atoms with Gasteiger partial charge in [0.25, 0.3) is 5.91 Å². The van der Waals surface area contributed by atoms with Crippen LogP contribution in [0.15, 0.2) is 47.4 Å². The monoisotopic (exact) mass is 530 g/mol. The molecule has 11 heteroatoms. The van der Waals surface area contributed by atoms with Crippen LogP contribution in [-0.4, -0.2) is 94.9 Å². The summed E-state index contributed by atoms with van der Waals surface area (Å²) in [4.78, 5) is 29.7. The first kappa shape index (κ1) is 26.9. The maximum atomic E-state index is 13.3. The molecule has 2 aliphatic rings. The summed E-state index contributed by atoms with van der Waals surface area (Å²) in [5.41, 5.74) is 1.20. The van der Waals surface area contributed by atoms with Gasteiger partial charge in [-0.15, -0.1) is 0 Å². The van der Waals surface area contributed by atoms with Crippen molar-refractivity contribution in [1.82, 2.24) is 14.1 Å². The predicted molar refractivity (Wildman–Crippen MR) is 140 cm³/mol. The molecule has 0 aromatic heterocycles. The molecule has 200 valence electrons. The lowest BCUT2D eigenvalue weighted by Gasteiger charge is -2.32. The highest BCUT2D eigenvalue weighted by Crippen LogP contribution is 2.32.